The highest BCUT2D eigenvalue weighted by molar-refractivity contribution is 7.90. The van der Waals surface area contributed by atoms with E-state index in [1.54, 1.807) is 30.6 Å². The van der Waals surface area contributed by atoms with Gasteiger partial charge in [0, 0.05) is 26.0 Å². The molecule has 0 saturated carbocycles. The molecule has 27 heavy (non-hydrogen) atoms. The van der Waals surface area contributed by atoms with Crippen molar-refractivity contribution in [1.29, 1.82) is 0 Å². The van der Waals surface area contributed by atoms with Gasteiger partial charge in [-0.2, -0.15) is 5.06 Å². The summed E-state index contributed by atoms with van der Waals surface area (Å²) in [5.41, 5.74) is 1.74. The summed E-state index contributed by atoms with van der Waals surface area (Å²) in [6, 6.07) is 17.3. The van der Waals surface area contributed by atoms with Crippen molar-refractivity contribution >= 4 is 20.8 Å². The van der Waals surface area contributed by atoms with Gasteiger partial charge >= 0.3 is 0 Å². The van der Waals surface area contributed by atoms with E-state index in [-0.39, 0.29) is 19.2 Å². The predicted molar refractivity (Wildman–Crippen MR) is 104 cm³/mol. The molecule has 3 aromatic rings. The van der Waals surface area contributed by atoms with E-state index >= 15 is 0 Å². The SMILES string of the molecule is CN1OCC(S(=O)(=O)NCc2cccnc2)C1c1ccc2ccccc2c1. The Labute approximate surface area is 158 Å². The first-order valence-corrected chi connectivity index (χ1v) is 10.3. The molecule has 0 radical (unpaired) electrons. The summed E-state index contributed by atoms with van der Waals surface area (Å²) < 4.78 is 28.6. The standard InChI is InChI=1S/C20H21N3O3S/c1-23-20(18-9-8-16-6-2-3-7-17(16)11-18)19(14-26-23)27(24,25)22-13-15-5-4-10-21-12-15/h2-12,19-20,22H,13-14H2,1H3. The second-order valence-electron chi connectivity index (χ2n) is 6.66. The highest BCUT2D eigenvalue weighted by Gasteiger charge is 2.43. The van der Waals surface area contributed by atoms with E-state index in [1.165, 1.54) is 0 Å². The Balaban J connectivity index is 1.60. The summed E-state index contributed by atoms with van der Waals surface area (Å²) in [6.45, 7) is 0.331. The van der Waals surface area contributed by atoms with Crippen LogP contribution in [-0.4, -0.2) is 37.4 Å². The highest BCUT2D eigenvalue weighted by Crippen LogP contribution is 2.34. The second-order valence-corrected chi connectivity index (χ2v) is 8.64. The molecule has 7 heteroatoms. The fourth-order valence-electron chi connectivity index (χ4n) is 3.47. The van der Waals surface area contributed by atoms with Gasteiger partial charge in [0.25, 0.3) is 0 Å². The van der Waals surface area contributed by atoms with Crippen LogP contribution in [0.5, 0.6) is 0 Å². The molecule has 1 saturated heterocycles. The number of nitrogens with zero attached hydrogens (tertiary/aromatic N) is 2. The monoisotopic (exact) mass is 383 g/mol. The van der Waals surface area contributed by atoms with Crippen LogP contribution in [0.2, 0.25) is 0 Å². The van der Waals surface area contributed by atoms with Crippen LogP contribution in [0, 0.1) is 0 Å². The van der Waals surface area contributed by atoms with E-state index in [2.05, 4.69) is 9.71 Å². The highest BCUT2D eigenvalue weighted by atomic mass is 32.2. The fourth-order valence-corrected chi connectivity index (χ4v) is 4.96. The van der Waals surface area contributed by atoms with Crippen LogP contribution >= 0.6 is 0 Å². The van der Waals surface area contributed by atoms with Crippen LogP contribution < -0.4 is 4.72 Å². The van der Waals surface area contributed by atoms with E-state index in [9.17, 15) is 8.42 Å². The summed E-state index contributed by atoms with van der Waals surface area (Å²) in [6.07, 6.45) is 3.31. The molecule has 4 rings (SSSR count). The van der Waals surface area contributed by atoms with Crippen LogP contribution in [0.3, 0.4) is 0 Å². The summed E-state index contributed by atoms with van der Waals surface area (Å²) >= 11 is 0. The maximum absolute atomic E-state index is 13.0. The normalized spacial score (nSPS) is 20.9. The zero-order valence-corrected chi connectivity index (χ0v) is 15.8. The Kier molecular flexibility index (Phi) is 4.92. The van der Waals surface area contributed by atoms with Gasteiger partial charge in [-0.05, 0) is 34.0 Å². The molecule has 0 spiro atoms. The lowest BCUT2D eigenvalue weighted by atomic mass is 10.0. The average molecular weight is 383 g/mol. The average Bonchev–Trinajstić information content (AvgIpc) is 3.09. The molecule has 2 aromatic carbocycles. The third kappa shape index (κ3) is 3.72. The van der Waals surface area contributed by atoms with Crippen LogP contribution in [0.25, 0.3) is 10.8 Å². The van der Waals surface area contributed by atoms with E-state index in [0.29, 0.717) is 0 Å². The molecule has 1 fully saturated rings. The molecular weight excluding hydrogens is 362 g/mol. The van der Waals surface area contributed by atoms with E-state index in [1.807, 2.05) is 48.5 Å². The summed E-state index contributed by atoms with van der Waals surface area (Å²) in [7, 11) is -1.81. The minimum atomic E-state index is -3.59. The van der Waals surface area contributed by atoms with Crippen molar-refractivity contribution in [1.82, 2.24) is 14.8 Å². The van der Waals surface area contributed by atoms with Crippen molar-refractivity contribution in [2.45, 2.75) is 17.8 Å². The van der Waals surface area contributed by atoms with Crippen molar-refractivity contribution in [3.63, 3.8) is 0 Å². The van der Waals surface area contributed by atoms with Crippen LogP contribution in [0.1, 0.15) is 17.2 Å². The van der Waals surface area contributed by atoms with E-state index in [0.717, 1.165) is 21.9 Å². The molecule has 2 atom stereocenters. The summed E-state index contributed by atoms with van der Waals surface area (Å²) in [4.78, 5) is 9.60. The smallest absolute Gasteiger partial charge is 0.219 e. The molecule has 1 aliphatic rings. The summed E-state index contributed by atoms with van der Waals surface area (Å²) in [5.74, 6) is 0. The minimum absolute atomic E-state index is 0.121. The van der Waals surface area contributed by atoms with Gasteiger partial charge < -0.3 is 0 Å². The zero-order chi connectivity index (χ0) is 18.9. The van der Waals surface area contributed by atoms with Crippen molar-refractivity contribution in [3.8, 4) is 0 Å². The van der Waals surface area contributed by atoms with Crippen molar-refractivity contribution < 1.29 is 13.3 Å². The number of rotatable bonds is 5. The van der Waals surface area contributed by atoms with Crippen molar-refractivity contribution in [3.05, 3.63) is 78.1 Å². The molecule has 0 bridgehead atoms. The number of nitrogens with one attached hydrogen (secondary N) is 1. The van der Waals surface area contributed by atoms with Crippen LogP contribution in [0.15, 0.2) is 67.0 Å². The minimum Gasteiger partial charge on any atom is -0.297 e. The van der Waals surface area contributed by atoms with Gasteiger partial charge in [-0.15, -0.1) is 0 Å². The topological polar surface area (TPSA) is 71.5 Å². The van der Waals surface area contributed by atoms with E-state index in [4.69, 9.17) is 4.84 Å². The lowest BCUT2D eigenvalue weighted by Gasteiger charge is -2.23. The lowest BCUT2D eigenvalue weighted by Crippen LogP contribution is -2.39. The van der Waals surface area contributed by atoms with Gasteiger partial charge in [0.1, 0.15) is 5.25 Å². The third-order valence-electron chi connectivity index (χ3n) is 4.90. The number of aromatic nitrogens is 1. The number of fused-ring (bicyclic) bond motifs is 1. The Morgan fingerprint density at radius 3 is 2.74 bits per heavy atom. The zero-order valence-electron chi connectivity index (χ0n) is 14.9. The van der Waals surface area contributed by atoms with Crippen LogP contribution in [0.4, 0.5) is 0 Å². The fraction of sp³-hybridized carbons (Fsp3) is 0.250. The first-order valence-electron chi connectivity index (χ1n) is 8.76. The van der Waals surface area contributed by atoms with Gasteiger partial charge in [-0.3, -0.25) is 9.82 Å². The Morgan fingerprint density at radius 1 is 1.15 bits per heavy atom. The molecule has 0 amide bonds. The number of pyridine rings is 1. The quantitative estimate of drug-likeness (QED) is 0.733. The number of sulfonamides is 1. The lowest BCUT2D eigenvalue weighted by molar-refractivity contribution is -0.110. The van der Waals surface area contributed by atoms with Gasteiger partial charge in [0.2, 0.25) is 10.0 Å². The molecule has 0 aliphatic carbocycles. The molecule has 2 unspecified atom stereocenters. The number of hydrogen-bond acceptors (Lipinski definition) is 5. The first-order chi connectivity index (χ1) is 13.0. The molecule has 1 aliphatic heterocycles. The van der Waals surface area contributed by atoms with E-state index < -0.39 is 15.3 Å². The molecular formula is C20H21N3O3S. The largest absolute Gasteiger partial charge is 0.297 e. The molecule has 140 valence electrons. The van der Waals surface area contributed by atoms with Gasteiger partial charge in [0.05, 0.1) is 12.6 Å². The van der Waals surface area contributed by atoms with Crippen molar-refractivity contribution in [2.75, 3.05) is 13.7 Å². The van der Waals surface area contributed by atoms with Gasteiger partial charge in [0.15, 0.2) is 0 Å². The molecule has 1 N–H and O–H groups in total. The Hall–Kier alpha value is -2.32. The number of hydroxylamine groups is 2. The molecule has 2 heterocycles. The van der Waals surface area contributed by atoms with Crippen molar-refractivity contribution in [2.24, 2.45) is 0 Å². The number of hydrogen-bond donors (Lipinski definition) is 1. The summed E-state index contributed by atoms with van der Waals surface area (Å²) in [5, 5.41) is 3.14. The first kappa shape index (κ1) is 18.1. The third-order valence-corrected chi connectivity index (χ3v) is 6.64. The molecule has 6 nitrogen and oxygen atoms in total. The van der Waals surface area contributed by atoms with Gasteiger partial charge in [-0.25, -0.2) is 13.1 Å². The Bertz CT molecular complexity index is 1040. The van der Waals surface area contributed by atoms with Crippen LogP contribution in [-0.2, 0) is 21.4 Å². The predicted octanol–water partition coefficient (Wildman–Crippen LogP) is 2.64. The maximum Gasteiger partial charge on any atom is 0.219 e. The maximum atomic E-state index is 13.0. The number of benzene rings is 2. The second kappa shape index (κ2) is 7.36. The molecule has 1 aromatic heterocycles. The van der Waals surface area contributed by atoms with Gasteiger partial charge in [-0.1, -0.05) is 42.5 Å². The Morgan fingerprint density at radius 2 is 1.96 bits per heavy atom.